The quantitative estimate of drug-likeness (QED) is 0.624. The highest BCUT2D eigenvalue weighted by Crippen LogP contribution is 2.22. The van der Waals surface area contributed by atoms with E-state index in [2.05, 4.69) is 5.10 Å². The fourth-order valence-electron chi connectivity index (χ4n) is 2.65. The number of rotatable bonds is 3. The van der Waals surface area contributed by atoms with Crippen LogP contribution in [0.15, 0.2) is 0 Å². The van der Waals surface area contributed by atoms with E-state index in [4.69, 9.17) is 0 Å². The molecule has 0 bridgehead atoms. The van der Waals surface area contributed by atoms with E-state index in [-0.39, 0.29) is 18.1 Å². The molecule has 1 saturated heterocycles. The van der Waals surface area contributed by atoms with Crippen LogP contribution in [0.3, 0.4) is 0 Å². The number of aromatic nitrogens is 2. The summed E-state index contributed by atoms with van der Waals surface area (Å²) in [5, 5.41) is 15.1. The van der Waals surface area contributed by atoms with E-state index in [0.29, 0.717) is 11.4 Å². The predicted molar refractivity (Wildman–Crippen MR) is 73.4 cm³/mol. The highest BCUT2D eigenvalue weighted by Gasteiger charge is 2.24. The van der Waals surface area contributed by atoms with Crippen molar-refractivity contribution >= 4 is 11.6 Å². The van der Waals surface area contributed by atoms with Crippen molar-refractivity contribution in [2.45, 2.75) is 46.1 Å². The van der Waals surface area contributed by atoms with Crippen molar-refractivity contribution < 1.29 is 9.72 Å². The molecule has 1 aromatic heterocycles. The summed E-state index contributed by atoms with van der Waals surface area (Å²) >= 11 is 0. The third kappa shape index (κ3) is 2.97. The molecule has 0 N–H and O–H groups in total. The number of hydrogen-bond donors (Lipinski definition) is 0. The van der Waals surface area contributed by atoms with Gasteiger partial charge in [-0.1, -0.05) is 12.8 Å². The lowest BCUT2D eigenvalue weighted by molar-refractivity contribution is -0.386. The van der Waals surface area contributed by atoms with E-state index in [0.717, 1.165) is 38.8 Å². The molecule has 110 valence electrons. The first-order valence-electron chi connectivity index (χ1n) is 6.97. The number of hydrogen-bond acceptors (Lipinski definition) is 4. The fraction of sp³-hybridized carbons (Fsp3) is 0.692. The molecular formula is C13H20N4O3. The summed E-state index contributed by atoms with van der Waals surface area (Å²) < 4.78 is 1.45. The fourth-order valence-corrected chi connectivity index (χ4v) is 2.65. The first-order valence-corrected chi connectivity index (χ1v) is 6.97. The Bertz CT molecular complexity index is 516. The molecule has 1 aromatic rings. The summed E-state index contributed by atoms with van der Waals surface area (Å²) in [5.41, 5.74) is 0.806. The zero-order valence-electron chi connectivity index (χ0n) is 12.0. The molecule has 1 aliphatic heterocycles. The molecule has 0 aliphatic carbocycles. The Balaban J connectivity index is 2.11. The van der Waals surface area contributed by atoms with Crippen molar-refractivity contribution in [3.63, 3.8) is 0 Å². The van der Waals surface area contributed by atoms with Crippen molar-refractivity contribution in [2.24, 2.45) is 0 Å². The van der Waals surface area contributed by atoms with E-state index in [1.165, 1.54) is 4.68 Å². The zero-order chi connectivity index (χ0) is 14.7. The van der Waals surface area contributed by atoms with E-state index >= 15 is 0 Å². The topological polar surface area (TPSA) is 81.3 Å². The Kier molecular flexibility index (Phi) is 4.36. The van der Waals surface area contributed by atoms with Crippen LogP contribution in [-0.2, 0) is 11.3 Å². The van der Waals surface area contributed by atoms with Gasteiger partial charge in [0.1, 0.15) is 17.9 Å². The van der Waals surface area contributed by atoms with Gasteiger partial charge < -0.3 is 4.90 Å². The van der Waals surface area contributed by atoms with Crippen LogP contribution in [0.2, 0.25) is 0 Å². The first-order chi connectivity index (χ1) is 9.50. The minimum Gasteiger partial charge on any atom is -0.341 e. The molecule has 1 aliphatic rings. The second kappa shape index (κ2) is 6.02. The monoisotopic (exact) mass is 280 g/mol. The molecule has 0 saturated carbocycles. The van der Waals surface area contributed by atoms with Crippen molar-refractivity contribution in [1.29, 1.82) is 0 Å². The van der Waals surface area contributed by atoms with Crippen molar-refractivity contribution in [3.8, 4) is 0 Å². The maximum atomic E-state index is 12.3. The summed E-state index contributed by atoms with van der Waals surface area (Å²) in [6, 6.07) is 0. The van der Waals surface area contributed by atoms with Crippen LogP contribution in [0.4, 0.5) is 5.69 Å². The Labute approximate surface area is 117 Å². The average Bonchev–Trinajstić information content (AvgIpc) is 2.60. The van der Waals surface area contributed by atoms with Crippen molar-refractivity contribution in [1.82, 2.24) is 14.7 Å². The third-order valence-corrected chi connectivity index (χ3v) is 3.77. The largest absolute Gasteiger partial charge is 0.341 e. The van der Waals surface area contributed by atoms with Crippen LogP contribution >= 0.6 is 0 Å². The van der Waals surface area contributed by atoms with Gasteiger partial charge in [0.15, 0.2) is 0 Å². The van der Waals surface area contributed by atoms with Gasteiger partial charge in [0, 0.05) is 13.1 Å². The van der Waals surface area contributed by atoms with Gasteiger partial charge in [-0.15, -0.1) is 0 Å². The van der Waals surface area contributed by atoms with Gasteiger partial charge in [0.25, 0.3) is 0 Å². The molecule has 0 spiro atoms. The van der Waals surface area contributed by atoms with Crippen LogP contribution in [-0.4, -0.2) is 38.6 Å². The predicted octanol–water partition coefficient (Wildman–Crippen LogP) is 1.81. The molecule has 20 heavy (non-hydrogen) atoms. The molecule has 2 heterocycles. The Morgan fingerprint density at radius 2 is 1.85 bits per heavy atom. The van der Waals surface area contributed by atoms with E-state index in [1.54, 1.807) is 13.8 Å². The SMILES string of the molecule is Cc1nn(CC(=O)N2CCCCCC2)c(C)c1[N+](=O)[O-]. The molecule has 2 rings (SSSR count). The van der Waals surface area contributed by atoms with Gasteiger partial charge in [0.2, 0.25) is 5.91 Å². The Morgan fingerprint density at radius 1 is 1.25 bits per heavy atom. The van der Waals surface area contributed by atoms with Gasteiger partial charge in [0.05, 0.1) is 4.92 Å². The second-order valence-electron chi connectivity index (χ2n) is 5.23. The van der Waals surface area contributed by atoms with Crippen molar-refractivity contribution in [2.75, 3.05) is 13.1 Å². The summed E-state index contributed by atoms with van der Waals surface area (Å²) in [6.45, 7) is 4.87. The highest BCUT2D eigenvalue weighted by molar-refractivity contribution is 5.76. The normalized spacial score (nSPS) is 16.0. The molecule has 0 atom stereocenters. The van der Waals surface area contributed by atoms with Crippen LogP contribution in [0.25, 0.3) is 0 Å². The maximum absolute atomic E-state index is 12.3. The molecule has 7 heteroatoms. The van der Waals surface area contributed by atoms with Gasteiger partial charge in [-0.2, -0.15) is 5.10 Å². The summed E-state index contributed by atoms with van der Waals surface area (Å²) in [6.07, 6.45) is 4.39. The maximum Gasteiger partial charge on any atom is 0.312 e. The number of amides is 1. The number of carbonyl (C=O) groups excluding carboxylic acids is 1. The summed E-state index contributed by atoms with van der Waals surface area (Å²) in [4.78, 5) is 24.6. The second-order valence-corrected chi connectivity index (χ2v) is 5.23. The number of likely N-dealkylation sites (tertiary alicyclic amines) is 1. The standard InChI is InChI=1S/C13H20N4O3/c1-10-13(17(19)20)11(2)16(14-10)9-12(18)15-7-5-3-4-6-8-15/h3-9H2,1-2H3. The zero-order valence-corrected chi connectivity index (χ0v) is 12.0. The van der Waals surface area contributed by atoms with E-state index in [9.17, 15) is 14.9 Å². The molecular weight excluding hydrogens is 260 g/mol. The highest BCUT2D eigenvalue weighted by atomic mass is 16.6. The van der Waals surface area contributed by atoms with Crippen LogP contribution in [0.5, 0.6) is 0 Å². The molecule has 7 nitrogen and oxygen atoms in total. The van der Waals surface area contributed by atoms with Gasteiger partial charge in [-0.05, 0) is 26.7 Å². The van der Waals surface area contributed by atoms with Crippen LogP contribution in [0.1, 0.15) is 37.1 Å². The number of carbonyl (C=O) groups is 1. The number of nitro groups is 1. The van der Waals surface area contributed by atoms with Crippen LogP contribution < -0.4 is 0 Å². The number of nitrogens with zero attached hydrogens (tertiary/aromatic N) is 4. The van der Waals surface area contributed by atoms with E-state index < -0.39 is 4.92 Å². The molecule has 1 amide bonds. The molecule has 0 radical (unpaired) electrons. The summed E-state index contributed by atoms with van der Waals surface area (Å²) in [5.74, 6) is -0.00704. The van der Waals surface area contributed by atoms with Crippen molar-refractivity contribution in [3.05, 3.63) is 21.5 Å². The average molecular weight is 280 g/mol. The van der Waals surface area contributed by atoms with Gasteiger partial charge in [-0.25, -0.2) is 0 Å². The smallest absolute Gasteiger partial charge is 0.312 e. The van der Waals surface area contributed by atoms with Crippen LogP contribution in [0, 0.1) is 24.0 Å². The minimum absolute atomic E-state index is 0.00704. The molecule has 0 aromatic carbocycles. The van der Waals surface area contributed by atoms with Gasteiger partial charge in [-0.3, -0.25) is 19.6 Å². The Hall–Kier alpha value is -1.92. The lowest BCUT2D eigenvalue weighted by Gasteiger charge is -2.20. The first kappa shape index (κ1) is 14.5. The summed E-state index contributed by atoms with van der Waals surface area (Å²) in [7, 11) is 0. The Morgan fingerprint density at radius 3 is 2.35 bits per heavy atom. The van der Waals surface area contributed by atoms with Gasteiger partial charge >= 0.3 is 5.69 Å². The minimum atomic E-state index is -0.440. The molecule has 0 unspecified atom stereocenters. The third-order valence-electron chi connectivity index (χ3n) is 3.77. The lowest BCUT2D eigenvalue weighted by atomic mass is 10.2. The molecule has 1 fully saturated rings. The lowest BCUT2D eigenvalue weighted by Crippen LogP contribution is -2.35. The number of aryl methyl sites for hydroxylation is 1. The van der Waals surface area contributed by atoms with E-state index in [1.807, 2.05) is 4.90 Å².